The maximum Gasteiger partial charge on any atom is 0.203 e. The van der Waals surface area contributed by atoms with E-state index in [0.717, 1.165) is 5.56 Å². The van der Waals surface area contributed by atoms with E-state index in [1.54, 1.807) is 22.7 Å². The van der Waals surface area contributed by atoms with Gasteiger partial charge in [0.2, 0.25) is 5.65 Å². The maximum absolute atomic E-state index is 9.64. The molecule has 3 aromatic rings. The molecule has 2 aromatic heterocycles. The number of fused-ring (bicyclic) bond motifs is 1. The van der Waals surface area contributed by atoms with Crippen LogP contribution in [0.5, 0.6) is 5.75 Å². The predicted molar refractivity (Wildman–Crippen MR) is 64.5 cm³/mol. The minimum atomic E-state index is 0.107. The van der Waals surface area contributed by atoms with Gasteiger partial charge in [-0.25, -0.2) is 0 Å². The summed E-state index contributed by atoms with van der Waals surface area (Å²) < 4.78 is 1.73. The molecule has 0 unspecified atom stereocenters. The van der Waals surface area contributed by atoms with E-state index in [2.05, 4.69) is 10.2 Å². The second-order valence-electron chi connectivity index (χ2n) is 3.74. The van der Waals surface area contributed by atoms with Crippen LogP contribution in [0.3, 0.4) is 0 Å². The first-order valence-corrected chi connectivity index (χ1v) is 5.14. The van der Waals surface area contributed by atoms with Crippen molar-refractivity contribution in [3.63, 3.8) is 0 Å². The standard InChI is InChI=1S/C12H10N4O/c13-9-4-1-3-8(7-9)11-14-15-12-10(17)5-2-6-16(11)12/h1-7,17H,13H2. The fourth-order valence-electron chi connectivity index (χ4n) is 1.78. The Kier molecular flexibility index (Phi) is 1.98. The lowest BCUT2D eigenvalue weighted by Gasteiger charge is -2.01. The first-order valence-electron chi connectivity index (χ1n) is 5.14. The van der Waals surface area contributed by atoms with Crippen molar-refractivity contribution in [1.82, 2.24) is 14.6 Å². The zero-order valence-corrected chi connectivity index (χ0v) is 8.91. The number of nitrogens with zero attached hydrogens (tertiary/aromatic N) is 3. The second-order valence-corrected chi connectivity index (χ2v) is 3.74. The number of nitrogen functional groups attached to an aromatic ring is 1. The van der Waals surface area contributed by atoms with Gasteiger partial charge in [-0.1, -0.05) is 12.1 Å². The normalized spacial score (nSPS) is 10.8. The van der Waals surface area contributed by atoms with E-state index in [9.17, 15) is 5.11 Å². The predicted octanol–water partition coefficient (Wildman–Crippen LogP) is 1.68. The minimum Gasteiger partial charge on any atom is -0.504 e. The fourth-order valence-corrected chi connectivity index (χ4v) is 1.78. The molecule has 1 aromatic carbocycles. The number of hydrogen-bond donors (Lipinski definition) is 2. The molecule has 0 saturated carbocycles. The van der Waals surface area contributed by atoms with Crippen LogP contribution in [-0.2, 0) is 0 Å². The molecule has 0 atom stereocenters. The average molecular weight is 226 g/mol. The number of anilines is 1. The fraction of sp³-hybridized carbons (Fsp3) is 0. The molecule has 2 heterocycles. The van der Waals surface area contributed by atoms with Crippen molar-refractivity contribution in [2.24, 2.45) is 0 Å². The molecule has 84 valence electrons. The third-order valence-corrected chi connectivity index (χ3v) is 2.56. The van der Waals surface area contributed by atoms with Gasteiger partial charge in [0.05, 0.1) is 0 Å². The summed E-state index contributed by atoms with van der Waals surface area (Å²) in [6.45, 7) is 0. The largest absolute Gasteiger partial charge is 0.504 e. The summed E-state index contributed by atoms with van der Waals surface area (Å²) in [7, 11) is 0. The molecule has 0 aliphatic rings. The Balaban J connectivity index is 2.28. The molecule has 0 fully saturated rings. The third kappa shape index (κ3) is 1.48. The number of aromatic nitrogens is 3. The number of nitrogens with two attached hydrogens (primary N) is 1. The van der Waals surface area contributed by atoms with Crippen molar-refractivity contribution in [3.05, 3.63) is 42.6 Å². The molecule has 5 heteroatoms. The number of rotatable bonds is 1. The minimum absolute atomic E-state index is 0.107. The molecule has 5 nitrogen and oxygen atoms in total. The second kappa shape index (κ2) is 3.48. The number of benzene rings is 1. The SMILES string of the molecule is Nc1cccc(-c2nnc3c(O)cccn23)c1. The Bertz CT molecular complexity index is 690. The smallest absolute Gasteiger partial charge is 0.203 e. The van der Waals surface area contributed by atoms with Crippen molar-refractivity contribution in [3.8, 4) is 17.1 Å². The Morgan fingerprint density at radius 3 is 2.82 bits per heavy atom. The van der Waals surface area contributed by atoms with Gasteiger partial charge in [0.25, 0.3) is 0 Å². The lowest BCUT2D eigenvalue weighted by atomic mass is 10.2. The van der Waals surface area contributed by atoms with Gasteiger partial charge in [-0.2, -0.15) is 0 Å². The van der Waals surface area contributed by atoms with E-state index < -0.39 is 0 Å². The van der Waals surface area contributed by atoms with Crippen LogP contribution in [-0.4, -0.2) is 19.7 Å². The van der Waals surface area contributed by atoms with Crippen molar-refractivity contribution >= 4 is 11.3 Å². The van der Waals surface area contributed by atoms with E-state index in [-0.39, 0.29) is 5.75 Å². The summed E-state index contributed by atoms with van der Waals surface area (Å²) in [4.78, 5) is 0. The highest BCUT2D eigenvalue weighted by Crippen LogP contribution is 2.23. The summed E-state index contributed by atoms with van der Waals surface area (Å²) in [6.07, 6.45) is 1.80. The van der Waals surface area contributed by atoms with Gasteiger partial charge in [0.1, 0.15) is 0 Å². The van der Waals surface area contributed by atoms with Gasteiger partial charge >= 0.3 is 0 Å². The molecule has 0 aliphatic heterocycles. The van der Waals surface area contributed by atoms with Crippen LogP contribution < -0.4 is 5.73 Å². The van der Waals surface area contributed by atoms with Crippen LogP contribution in [0.4, 0.5) is 5.69 Å². The molecule has 3 N–H and O–H groups in total. The van der Waals surface area contributed by atoms with Crippen LogP contribution >= 0.6 is 0 Å². The zero-order valence-electron chi connectivity index (χ0n) is 8.91. The third-order valence-electron chi connectivity index (χ3n) is 2.56. The Labute approximate surface area is 97.1 Å². The van der Waals surface area contributed by atoms with Crippen molar-refractivity contribution < 1.29 is 5.11 Å². The highest BCUT2D eigenvalue weighted by Gasteiger charge is 2.10. The molecule has 0 spiro atoms. The Morgan fingerprint density at radius 2 is 2.00 bits per heavy atom. The molecule has 3 rings (SSSR count). The number of hydrogen-bond acceptors (Lipinski definition) is 4. The van der Waals surface area contributed by atoms with Crippen LogP contribution in [0.25, 0.3) is 17.0 Å². The summed E-state index contributed by atoms with van der Waals surface area (Å²) in [6, 6.07) is 10.7. The molecule has 0 bridgehead atoms. The highest BCUT2D eigenvalue weighted by atomic mass is 16.3. The van der Waals surface area contributed by atoms with Crippen LogP contribution in [0, 0.1) is 0 Å². The topological polar surface area (TPSA) is 76.4 Å². The van der Waals surface area contributed by atoms with Gasteiger partial charge in [-0.15, -0.1) is 10.2 Å². The van der Waals surface area contributed by atoms with Crippen LogP contribution in [0.2, 0.25) is 0 Å². The molecule has 0 radical (unpaired) electrons. The summed E-state index contributed by atoms with van der Waals surface area (Å²) >= 11 is 0. The average Bonchev–Trinajstić information content (AvgIpc) is 2.74. The number of aromatic hydroxyl groups is 1. The van der Waals surface area contributed by atoms with Gasteiger partial charge in [-0.05, 0) is 24.3 Å². The van der Waals surface area contributed by atoms with Gasteiger partial charge in [0, 0.05) is 17.4 Å². The van der Waals surface area contributed by atoms with E-state index in [4.69, 9.17) is 5.73 Å². The molecular formula is C12H10N4O. The lowest BCUT2D eigenvalue weighted by Crippen LogP contribution is -1.90. The van der Waals surface area contributed by atoms with Crippen LogP contribution in [0.15, 0.2) is 42.6 Å². The quantitative estimate of drug-likeness (QED) is 0.619. The lowest BCUT2D eigenvalue weighted by molar-refractivity contribution is 0.477. The summed E-state index contributed by atoms with van der Waals surface area (Å²) in [5, 5.41) is 17.6. The van der Waals surface area contributed by atoms with E-state index >= 15 is 0 Å². The van der Waals surface area contributed by atoms with Gasteiger partial charge in [0.15, 0.2) is 11.6 Å². The van der Waals surface area contributed by atoms with Crippen LogP contribution in [0.1, 0.15) is 0 Å². The van der Waals surface area contributed by atoms with E-state index in [0.29, 0.717) is 17.2 Å². The molecular weight excluding hydrogens is 216 g/mol. The highest BCUT2D eigenvalue weighted by molar-refractivity contribution is 5.65. The van der Waals surface area contributed by atoms with Crippen molar-refractivity contribution in [2.75, 3.05) is 5.73 Å². The molecule has 0 saturated heterocycles. The first-order chi connectivity index (χ1) is 8.25. The summed E-state index contributed by atoms with van der Waals surface area (Å²) in [5.41, 5.74) is 7.70. The van der Waals surface area contributed by atoms with Gasteiger partial charge < -0.3 is 10.8 Å². The monoisotopic (exact) mass is 226 g/mol. The molecule has 0 aliphatic carbocycles. The van der Waals surface area contributed by atoms with Gasteiger partial charge in [-0.3, -0.25) is 4.40 Å². The van der Waals surface area contributed by atoms with E-state index in [1.165, 1.54) is 0 Å². The maximum atomic E-state index is 9.64. The van der Waals surface area contributed by atoms with Crippen molar-refractivity contribution in [2.45, 2.75) is 0 Å². The van der Waals surface area contributed by atoms with E-state index in [1.807, 2.05) is 24.3 Å². The zero-order chi connectivity index (χ0) is 11.8. The number of pyridine rings is 1. The van der Waals surface area contributed by atoms with Crippen molar-refractivity contribution in [1.29, 1.82) is 0 Å². The molecule has 17 heavy (non-hydrogen) atoms. The molecule has 0 amide bonds. The summed E-state index contributed by atoms with van der Waals surface area (Å²) in [5.74, 6) is 0.762. The Morgan fingerprint density at radius 1 is 1.12 bits per heavy atom. The Hall–Kier alpha value is -2.56. The first kappa shape index (κ1) is 9.65.